The maximum Gasteiger partial charge on any atom is 0.0642 e. The highest BCUT2D eigenvalue weighted by atomic mass is 35.5. The lowest BCUT2D eigenvalue weighted by molar-refractivity contribution is 0.363. The maximum atomic E-state index is 6.42. The van der Waals surface area contributed by atoms with E-state index in [9.17, 15) is 0 Å². The molecule has 1 saturated heterocycles. The number of nitrogens with zero attached hydrogens (tertiary/aromatic N) is 1. The molecule has 0 aromatic heterocycles. The van der Waals surface area contributed by atoms with Crippen LogP contribution in [0.25, 0.3) is 0 Å². The SMILES string of the molecule is CC1CCCN(c2ccc([C@H](C)N)cc2Cl)C1C. The predicted octanol–water partition coefficient (Wildman–Crippen LogP) is 3.98. The topological polar surface area (TPSA) is 29.3 Å². The van der Waals surface area contributed by atoms with E-state index in [-0.39, 0.29) is 6.04 Å². The molecule has 0 radical (unpaired) electrons. The van der Waals surface area contributed by atoms with Crippen LogP contribution < -0.4 is 10.6 Å². The monoisotopic (exact) mass is 266 g/mol. The number of anilines is 1. The number of hydrogen-bond donors (Lipinski definition) is 1. The highest BCUT2D eigenvalue weighted by Gasteiger charge is 2.26. The first-order chi connectivity index (χ1) is 8.50. The van der Waals surface area contributed by atoms with Gasteiger partial charge in [-0.25, -0.2) is 0 Å². The summed E-state index contributed by atoms with van der Waals surface area (Å²) < 4.78 is 0. The van der Waals surface area contributed by atoms with Crippen molar-refractivity contribution in [3.05, 3.63) is 28.8 Å². The predicted molar refractivity (Wildman–Crippen MR) is 79.3 cm³/mol. The van der Waals surface area contributed by atoms with Gasteiger partial charge in [-0.2, -0.15) is 0 Å². The normalized spacial score (nSPS) is 26.2. The number of rotatable bonds is 2. The summed E-state index contributed by atoms with van der Waals surface area (Å²) in [5.74, 6) is 0.725. The minimum Gasteiger partial charge on any atom is -0.367 e. The van der Waals surface area contributed by atoms with Crippen LogP contribution in [0.2, 0.25) is 5.02 Å². The molecule has 1 heterocycles. The fourth-order valence-electron chi connectivity index (χ4n) is 2.71. The van der Waals surface area contributed by atoms with Crippen molar-refractivity contribution in [1.29, 1.82) is 0 Å². The number of piperidine rings is 1. The van der Waals surface area contributed by atoms with Crippen LogP contribution in [-0.2, 0) is 0 Å². The van der Waals surface area contributed by atoms with Crippen molar-refractivity contribution >= 4 is 17.3 Å². The van der Waals surface area contributed by atoms with E-state index in [0.29, 0.717) is 6.04 Å². The Morgan fingerprint density at radius 3 is 2.72 bits per heavy atom. The van der Waals surface area contributed by atoms with Gasteiger partial charge in [-0.1, -0.05) is 24.6 Å². The molecular weight excluding hydrogens is 244 g/mol. The van der Waals surface area contributed by atoms with Crippen LogP contribution >= 0.6 is 11.6 Å². The Morgan fingerprint density at radius 2 is 2.11 bits per heavy atom. The van der Waals surface area contributed by atoms with Gasteiger partial charge in [0, 0.05) is 18.6 Å². The van der Waals surface area contributed by atoms with E-state index in [1.54, 1.807) is 0 Å². The molecule has 2 N–H and O–H groups in total. The summed E-state index contributed by atoms with van der Waals surface area (Å²) in [5.41, 5.74) is 8.14. The number of halogens is 1. The van der Waals surface area contributed by atoms with Crippen molar-refractivity contribution in [3.8, 4) is 0 Å². The lowest BCUT2D eigenvalue weighted by Crippen LogP contribution is -2.42. The first-order valence-electron chi connectivity index (χ1n) is 6.82. The van der Waals surface area contributed by atoms with Crippen molar-refractivity contribution in [2.24, 2.45) is 11.7 Å². The van der Waals surface area contributed by atoms with Crippen LogP contribution in [0.4, 0.5) is 5.69 Å². The van der Waals surface area contributed by atoms with Gasteiger partial charge in [-0.05, 0) is 50.3 Å². The van der Waals surface area contributed by atoms with Crippen LogP contribution in [0.15, 0.2) is 18.2 Å². The molecule has 0 saturated carbocycles. The molecule has 2 unspecified atom stereocenters. The standard InChI is InChI=1S/C15H23ClN2/c1-10-5-4-8-18(12(10)3)15-7-6-13(11(2)17)9-14(15)16/h6-7,9-12H,4-5,8,17H2,1-3H3/t10?,11-,12?/m0/s1. The lowest BCUT2D eigenvalue weighted by atomic mass is 9.91. The number of hydrogen-bond acceptors (Lipinski definition) is 2. The van der Waals surface area contributed by atoms with Crippen LogP contribution in [0.1, 0.15) is 45.2 Å². The molecule has 1 aliphatic rings. The highest BCUT2D eigenvalue weighted by molar-refractivity contribution is 6.33. The van der Waals surface area contributed by atoms with Gasteiger partial charge in [-0.15, -0.1) is 0 Å². The molecule has 1 aromatic carbocycles. The molecule has 2 nitrogen and oxygen atoms in total. The molecule has 0 aliphatic carbocycles. The van der Waals surface area contributed by atoms with Crippen molar-refractivity contribution < 1.29 is 0 Å². The van der Waals surface area contributed by atoms with Crippen LogP contribution in [-0.4, -0.2) is 12.6 Å². The van der Waals surface area contributed by atoms with E-state index in [1.165, 1.54) is 12.8 Å². The Balaban J connectivity index is 2.27. The third-order valence-electron chi connectivity index (χ3n) is 4.18. The van der Waals surface area contributed by atoms with E-state index in [0.717, 1.165) is 28.7 Å². The summed E-state index contributed by atoms with van der Waals surface area (Å²) in [7, 11) is 0. The lowest BCUT2D eigenvalue weighted by Gasteiger charge is -2.40. The van der Waals surface area contributed by atoms with Crippen molar-refractivity contribution in [1.82, 2.24) is 0 Å². The first-order valence-corrected chi connectivity index (χ1v) is 7.20. The molecule has 3 heteroatoms. The summed E-state index contributed by atoms with van der Waals surface area (Å²) in [5, 5.41) is 0.825. The summed E-state index contributed by atoms with van der Waals surface area (Å²) in [6.45, 7) is 7.69. The van der Waals surface area contributed by atoms with Crippen LogP contribution in [0.5, 0.6) is 0 Å². The molecule has 0 spiro atoms. The fourth-order valence-corrected chi connectivity index (χ4v) is 3.01. The van der Waals surface area contributed by atoms with Gasteiger partial charge in [0.05, 0.1) is 10.7 Å². The summed E-state index contributed by atoms with van der Waals surface area (Å²) >= 11 is 6.42. The fraction of sp³-hybridized carbons (Fsp3) is 0.600. The summed E-state index contributed by atoms with van der Waals surface area (Å²) in [6.07, 6.45) is 2.56. The Kier molecular flexibility index (Phi) is 4.18. The van der Waals surface area contributed by atoms with Gasteiger partial charge in [0.15, 0.2) is 0 Å². The van der Waals surface area contributed by atoms with Gasteiger partial charge in [0.25, 0.3) is 0 Å². The van der Waals surface area contributed by atoms with E-state index in [2.05, 4.69) is 30.9 Å². The summed E-state index contributed by atoms with van der Waals surface area (Å²) in [6, 6.07) is 6.81. The van der Waals surface area contributed by atoms with Gasteiger partial charge in [0.2, 0.25) is 0 Å². The van der Waals surface area contributed by atoms with E-state index in [4.69, 9.17) is 17.3 Å². The Morgan fingerprint density at radius 1 is 1.39 bits per heavy atom. The van der Waals surface area contributed by atoms with Crippen LogP contribution in [0.3, 0.4) is 0 Å². The van der Waals surface area contributed by atoms with Crippen molar-refractivity contribution in [2.45, 2.75) is 45.7 Å². The highest BCUT2D eigenvalue weighted by Crippen LogP contribution is 2.34. The quantitative estimate of drug-likeness (QED) is 0.877. The van der Waals surface area contributed by atoms with Crippen molar-refractivity contribution in [3.63, 3.8) is 0 Å². The minimum atomic E-state index is 0.0363. The van der Waals surface area contributed by atoms with E-state index < -0.39 is 0 Å². The number of nitrogens with two attached hydrogens (primary N) is 1. The summed E-state index contributed by atoms with van der Waals surface area (Å²) in [4.78, 5) is 2.43. The van der Waals surface area contributed by atoms with E-state index in [1.807, 2.05) is 13.0 Å². The third-order valence-corrected chi connectivity index (χ3v) is 4.48. The smallest absolute Gasteiger partial charge is 0.0642 e. The molecule has 100 valence electrons. The second-order valence-electron chi connectivity index (χ2n) is 5.55. The molecule has 1 fully saturated rings. The van der Waals surface area contributed by atoms with Crippen LogP contribution in [0, 0.1) is 5.92 Å². The molecule has 3 atom stereocenters. The molecule has 18 heavy (non-hydrogen) atoms. The molecule has 2 rings (SSSR count). The van der Waals surface area contributed by atoms with Gasteiger partial charge >= 0.3 is 0 Å². The molecule has 0 amide bonds. The average Bonchev–Trinajstić information content (AvgIpc) is 2.33. The van der Waals surface area contributed by atoms with Gasteiger partial charge in [0.1, 0.15) is 0 Å². The molecule has 0 bridgehead atoms. The second-order valence-corrected chi connectivity index (χ2v) is 5.96. The van der Waals surface area contributed by atoms with E-state index >= 15 is 0 Å². The zero-order valence-electron chi connectivity index (χ0n) is 11.5. The molecular formula is C15H23ClN2. The number of benzene rings is 1. The Hall–Kier alpha value is -0.730. The Bertz CT molecular complexity index is 417. The zero-order chi connectivity index (χ0) is 13.3. The molecule has 1 aliphatic heterocycles. The maximum absolute atomic E-state index is 6.42. The largest absolute Gasteiger partial charge is 0.367 e. The first kappa shape index (κ1) is 13.7. The average molecular weight is 267 g/mol. The third kappa shape index (κ3) is 2.65. The zero-order valence-corrected chi connectivity index (χ0v) is 12.2. The second kappa shape index (κ2) is 5.50. The van der Waals surface area contributed by atoms with Crippen molar-refractivity contribution in [2.75, 3.05) is 11.4 Å². The Labute approximate surface area is 115 Å². The molecule has 1 aromatic rings. The van der Waals surface area contributed by atoms with Gasteiger partial charge < -0.3 is 10.6 Å². The van der Waals surface area contributed by atoms with Gasteiger partial charge in [-0.3, -0.25) is 0 Å². The minimum absolute atomic E-state index is 0.0363.